The van der Waals surface area contributed by atoms with E-state index >= 15 is 0 Å². The van der Waals surface area contributed by atoms with Gasteiger partial charge in [0, 0.05) is 48.4 Å². The monoisotopic (exact) mass is 551 g/mol. The van der Waals surface area contributed by atoms with E-state index in [0.29, 0.717) is 22.9 Å². The van der Waals surface area contributed by atoms with E-state index in [-0.39, 0.29) is 6.04 Å². The summed E-state index contributed by atoms with van der Waals surface area (Å²) in [5, 5.41) is 8.09. The molecule has 2 aromatic carbocycles. The number of ether oxygens (including phenoxy) is 2. The molecule has 2 heterocycles. The minimum Gasteiger partial charge on any atom is -0.495 e. The van der Waals surface area contributed by atoms with Crippen LogP contribution in [-0.2, 0) is 24.6 Å². The average molecular weight is 552 g/mol. The maximum absolute atomic E-state index is 12.0. The average Bonchev–Trinajstić information content (AvgIpc) is 3.33. The van der Waals surface area contributed by atoms with Gasteiger partial charge in [-0.1, -0.05) is 24.3 Å². The topological polar surface area (TPSA) is 130 Å². The summed E-state index contributed by atoms with van der Waals surface area (Å²) in [5.74, 6) is 0.443. The number of aliphatic imine (C=N–C) groups is 1. The fourth-order valence-electron chi connectivity index (χ4n) is 4.88. The van der Waals surface area contributed by atoms with Gasteiger partial charge in [-0.25, -0.2) is 14.8 Å². The largest absolute Gasteiger partial charge is 0.495 e. The van der Waals surface area contributed by atoms with Crippen LogP contribution in [-0.4, -0.2) is 52.2 Å². The van der Waals surface area contributed by atoms with E-state index < -0.39 is 5.97 Å². The molecule has 0 spiro atoms. The van der Waals surface area contributed by atoms with Gasteiger partial charge in [-0.2, -0.15) is 5.10 Å². The first kappa shape index (κ1) is 27.6. The summed E-state index contributed by atoms with van der Waals surface area (Å²) < 4.78 is 12.2. The number of benzene rings is 2. The standard InChI is InChI=1S/C31H33N7O3/c1-18(2)33-17-23(15-32)19-6-8-20(9-7-19)29-27-25(37-38(29)3)13-11-22-16-34-31(36-28(22)27)35-24-12-10-21(30(39)41-5)14-26(24)40-4/h6-10,12,14-18H,11,13,32H2,1-5H3,(H,34,35,36)/b23-15+,33-17?. The molecule has 2 aromatic heterocycles. The number of aryl methyl sites for hydroxylation is 3. The highest BCUT2D eigenvalue weighted by molar-refractivity contribution is 6.09. The van der Waals surface area contributed by atoms with Crippen LogP contribution in [0.4, 0.5) is 11.6 Å². The molecule has 0 amide bonds. The van der Waals surface area contributed by atoms with Crippen LogP contribution in [0.25, 0.3) is 28.1 Å². The lowest BCUT2D eigenvalue weighted by molar-refractivity contribution is 0.0600. The second-order valence-corrected chi connectivity index (χ2v) is 9.96. The number of anilines is 2. The molecule has 1 aliphatic rings. The van der Waals surface area contributed by atoms with Gasteiger partial charge in [0.25, 0.3) is 0 Å². The summed E-state index contributed by atoms with van der Waals surface area (Å²) in [7, 11) is 4.84. The lowest BCUT2D eigenvalue weighted by Crippen LogP contribution is -2.09. The summed E-state index contributed by atoms with van der Waals surface area (Å²) in [6, 6.07) is 13.4. The third-order valence-corrected chi connectivity index (χ3v) is 6.90. The molecular weight excluding hydrogens is 518 g/mol. The smallest absolute Gasteiger partial charge is 0.337 e. The van der Waals surface area contributed by atoms with Crippen LogP contribution in [0.5, 0.6) is 5.75 Å². The number of hydrogen-bond acceptors (Lipinski definition) is 9. The molecule has 41 heavy (non-hydrogen) atoms. The first-order chi connectivity index (χ1) is 19.8. The second kappa shape index (κ2) is 11.6. The van der Waals surface area contributed by atoms with Gasteiger partial charge in [0.15, 0.2) is 0 Å². The number of nitrogens with one attached hydrogen (secondary N) is 1. The van der Waals surface area contributed by atoms with Gasteiger partial charge in [0.05, 0.1) is 42.6 Å². The highest BCUT2D eigenvalue weighted by Crippen LogP contribution is 2.40. The maximum atomic E-state index is 12.0. The van der Waals surface area contributed by atoms with Crippen LogP contribution < -0.4 is 15.8 Å². The fourth-order valence-corrected chi connectivity index (χ4v) is 4.88. The third kappa shape index (κ3) is 5.54. The number of aromatic nitrogens is 4. The summed E-state index contributed by atoms with van der Waals surface area (Å²) >= 11 is 0. The molecular formula is C31H33N7O3. The van der Waals surface area contributed by atoms with Gasteiger partial charge in [-0.05, 0) is 56.0 Å². The fraction of sp³-hybridized carbons (Fsp3) is 0.258. The number of nitrogens with two attached hydrogens (primary N) is 1. The number of rotatable bonds is 8. The molecule has 4 aromatic rings. The number of allylic oxidation sites excluding steroid dienone is 1. The Labute approximate surface area is 239 Å². The Morgan fingerprint density at radius 2 is 1.88 bits per heavy atom. The van der Waals surface area contributed by atoms with E-state index in [4.69, 9.17) is 25.3 Å². The van der Waals surface area contributed by atoms with Crippen molar-refractivity contribution in [3.8, 4) is 28.3 Å². The molecule has 0 saturated carbocycles. The maximum Gasteiger partial charge on any atom is 0.337 e. The lowest BCUT2D eigenvalue weighted by Gasteiger charge is -2.18. The summed E-state index contributed by atoms with van der Waals surface area (Å²) in [4.78, 5) is 25.9. The van der Waals surface area contributed by atoms with Gasteiger partial charge >= 0.3 is 5.97 Å². The zero-order valence-electron chi connectivity index (χ0n) is 23.8. The number of hydrogen-bond donors (Lipinski definition) is 2. The Morgan fingerprint density at radius 1 is 1.12 bits per heavy atom. The van der Waals surface area contributed by atoms with Crippen LogP contribution in [0.1, 0.15) is 41.0 Å². The van der Waals surface area contributed by atoms with E-state index in [9.17, 15) is 4.79 Å². The van der Waals surface area contributed by atoms with E-state index in [1.807, 2.05) is 50.1 Å². The number of carbonyl (C=O) groups excluding carboxylic acids is 1. The summed E-state index contributed by atoms with van der Waals surface area (Å²) in [6.45, 7) is 4.05. The highest BCUT2D eigenvalue weighted by Gasteiger charge is 2.27. The van der Waals surface area contributed by atoms with E-state index in [1.165, 1.54) is 14.2 Å². The van der Waals surface area contributed by atoms with Gasteiger partial charge in [-0.15, -0.1) is 0 Å². The summed E-state index contributed by atoms with van der Waals surface area (Å²) in [6.07, 6.45) is 6.85. The van der Waals surface area contributed by atoms with Crippen LogP contribution >= 0.6 is 0 Å². The number of fused-ring (bicyclic) bond motifs is 3. The van der Waals surface area contributed by atoms with Gasteiger partial charge < -0.3 is 20.5 Å². The number of esters is 1. The minimum atomic E-state index is -0.441. The van der Waals surface area contributed by atoms with Crippen LogP contribution in [0, 0.1) is 0 Å². The van der Waals surface area contributed by atoms with Crippen LogP contribution in [0.2, 0.25) is 0 Å². The molecule has 3 N–H and O–H groups in total. The van der Waals surface area contributed by atoms with Gasteiger partial charge in [0.1, 0.15) is 5.75 Å². The molecule has 10 nitrogen and oxygen atoms in total. The molecule has 10 heteroatoms. The third-order valence-electron chi connectivity index (χ3n) is 6.90. The first-order valence-corrected chi connectivity index (χ1v) is 13.3. The Morgan fingerprint density at radius 3 is 2.56 bits per heavy atom. The van der Waals surface area contributed by atoms with E-state index in [0.717, 1.165) is 57.8 Å². The molecule has 1 aliphatic carbocycles. The van der Waals surface area contributed by atoms with Crippen molar-refractivity contribution in [3.63, 3.8) is 0 Å². The SMILES string of the molecule is COC(=O)c1ccc(Nc2ncc3c(n2)-c2c(nn(C)c2-c2ccc(/C(C=NC(C)C)=C/N)cc2)CC3)c(OC)c1. The predicted molar refractivity (Wildman–Crippen MR) is 160 cm³/mol. The molecule has 5 rings (SSSR count). The Kier molecular flexibility index (Phi) is 7.82. The Balaban J connectivity index is 1.50. The van der Waals surface area contributed by atoms with E-state index in [1.54, 1.807) is 24.4 Å². The highest BCUT2D eigenvalue weighted by atomic mass is 16.5. The molecule has 0 bridgehead atoms. The molecule has 210 valence electrons. The molecule has 0 unspecified atom stereocenters. The van der Waals surface area contributed by atoms with Crippen LogP contribution in [0.15, 0.2) is 59.9 Å². The quantitative estimate of drug-likeness (QED) is 0.232. The molecule has 0 atom stereocenters. The van der Waals surface area contributed by atoms with Crippen LogP contribution in [0.3, 0.4) is 0 Å². The van der Waals surface area contributed by atoms with Crippen molar-refractivity contribution in [2.45, 2.75) is 32.7 Å². The van der Waals surface area contributed by atoms with Crippen molar-refractivity contribution < 1.29 is 14.3 Å². The summed E-state index contributed by atoms with van der Waals surface area (Å²) in [5.41, 5.74) is 14.6. The van der Waals surface area contributed by atoms with Crippen molar-refractivity contribution in [3.05, 3.63) is 77.2 Å². The molecule has 0 aliphatic heterocycles. The number of carbonyl (C=O) groups is 1. The Hall–Kier alpha value is -4.99. The number of methoxy groups -OCH3 is 2. The Bertz CT molecular complexity index is 1650. The van der Waals surface area contributed by atoms with Gasteiger partial charge in [0.2, 0.25) is 5.95 Å². The lowest BCUT2D eigenvalue weighted by atomic mass is 9.91. The van der Waals surface area contributed by atoms with Crippen molar-refractivity contribution in [2.24, 2.45) is 17.8 Å². The minimum absolute atomic E-state index is 0.187. The van der Waals surface area contributed by atoms with E-state index in [2.05, 4.69) is 27.4 Å². The van der Waals surface area contributed by atoms with Crippen molar-refractivity contribution in [2.75, 3.05) is 19.5 Å². The normalized spacial score (nSPS) is 12.8. The number of nitrogens with zero attached hydrogens (tertiary/aromatic N) is 5. The molecule has 0 fully saturated rings. The van der Waals surface area contributed by atoms with Gasteiger partial charge in [-0.3, -0.25) is 9.67 Å². The van der Waals surface area contributed by atoms with Crippen molar-refractivity contribution in [1.82, 2.24) is 19.7 Å². The van der Waals surface area contributed by atoms with Crippen molar-refractivity contribution >= 4 is 29.4 Å². The second-order valence-electron chi connectivity index (χ2n) is 9.96. The zero-order chi connectivity index (χ0) is 29.1. The van der Waals surface area contributed by atoms with Crippen molar-refractivity contribution in [1.29, 1.82) is 0 Å². The first-order valence-electron chi connectivity index (χ1n) is 13.3. The molecule has 0 saturated heterocycles. The molecule has 0 radical (unpaired) electrons. The zero-order valence-corrected chi connectivity index (χ0v) is 23.8. The predicted octanol–water partition coefficient (Wildman–Crippen LogP) is 4.96.